The minimum Gasteiger partial charge on any atom is -0.489 e. The molecule has 0 aromatic heterocycles. The van der Waals surface area contributed by atoms with Crippen molar-refractivity contribution < 1.29 is 23.2 Å². The van der Waals surface area contributed by atoms with Crippen molar-refractivity contribution in [2.45, 2.75) is 36.5 Å². The predicted molar refractivity (Wildman–Crippen MR) is 133 cm³/mol. The van der Waals surface area contributed by atoms with E-state index in [1.807, 2.05) is 60.7 Å². The lowest BCUT2D eigenvalue weighted by Crippen LogP contribution is -2.57. The number of carbonyl (C=O) groups is 1. The Morgan fingerprint density at radius 3 is 2.00 bits per heavy atom. The summed E-state index contributed by atoms with van der Waals surface area (Å²) in [7, 11) is -3.91. The van der Waals surface area contributed by atoms with E-state index in [4.69, 9.17) is 4.74 Å². The van der Waals surface area contributed by atoms with Gasteiger partial charge >= 0.3 is 0 Å². The van der Waals surface area contributed by atoms with Crippen LogP contribution in [0.4, 0.5) is 0 Å². The highest BCUT2D eigenvalue weighted by atomic mass is 32.2. The second kappa shape index (κ2) is 11.0. The average Bonchev–Trinajstić information content (AvgIpc) is 2.89. The first-order valence-electron chi connectivity index (χ1n) is 11.6. The molecule has 0 aliphatic carbocycles. The zero-order valence-corrected chi connectivity index (χ0v) is 20.3. The third kappa shape index (κ3) is 5.90. The summed E-state index contributed by atoms with van der Waals surface area (Å²) >= 11 is 0. The quantitative estimate of drug-likeness (QED) is 0.348. The van der Waals surface area contributed by atoms with Gasteiger partial charge in [0.15, 0.2) is 14.6 Å². The number of carbonyl (C=O) groups excluding carboxylic acids is 1. The molecule has 0 saturated carbocycles. The van der Waals surface area contributed by atoms with Gasteiger partial charge in [0.05, 0.1) is 5.75 Å². The normalized spacial score (nSPS) is 15.9. The van der Waals surface area contributed by atoms with Crippen LogP contribution in [0.3, 0.4) is 0 Å². The Bertz CT molecular complexity index is 1210. The van der Waals surface area contributed by atoms with E-state index in [9.17, 15) is 18.4 Å². The zero-order chi connectivity index (χ0) is 24.7. The molecule has 1 saturated heterocycles. The summed E-state index contributed by atoms with van der Waals surface area (Å²) in [5.41, 5.74) is 4.35. The summed E-state index contributed by atoms with van der Waals surface area (Å²) in [5, 5.41) is 9.38. The van der Waals surface area contributed by atoms with Gasteiger partial charge in [0.1, 0.15) is 12.4 Å². The Balaban J connectivity index is 1.42. The smallest absolute Gasteiger partial charge is 0.264 e. The number of amides is 1. The lowest BCUT2D eigenvalue weighted by molar-refractivity contribution is -0.133. The summed E-state index contributed by atoms with van der Waals surface area (Å²) in [5.74, 6) is -0.523. The van der Waals surface area contributed by atoms with E-state index >= 15 is 0 Å². The number of rotatable bonds is 9. The molecule has 1 aliphatic heterocycles. The van der Waals surface area contributed by atoms with Gasteiger partial charge < -0.3 is 4.74 Å². The molecule has 184 valence electrons. The number of sulfone groups is 1. The second-order valence-corrected chi connectivity index (χ2v) is 11.2. The third-order valence-electron chi connectivity index (χ3n) is 6.55. The molecule has 3 aromatic rings. The van der Waals surface area contributed by atoms with Crippen molar-refractivity contribution in [2.24, 2.45) is 0 Å². The van der Waals surface area contributed by atoms with Crippen molar-refractivity contribution in [3.8, 4) is 5.75 Å². The van der Waals surface area contributed by atoms with E-state index in [2.05, 4.69) is 4.90 Å². The van der Waals surface area contributed by atoms with E-state index in [1.54, 1.807) is 29.7 Å². The van der Waals surface area contributed by atoms with Crippen LogP contribution in [0.15, 0.2) is 84.9 Å². The van der Waals surface area contributed by atoms with Crippen LogP contribution in [0.5, 0.6) is 5.75 Å². The van der Waals surface area contributed by atoms with Crippen LogP contribution in [0.25, 0.3) is 0 Å². The Morgan fingerprint density at radius 1 is 0.857 bits per heavy atom. The lowest BCUT2D eigenvalue weighted by atomic mass is 9.94. The number of hydroxylamine groups is 1. The fraction of sp³-hybridized carbons (Fsp3) is 0.296. The van der Waals surface area contributed by atoms with Crippen molar-refractivity contribution in [3.05, 3.63) is 102 Å². The van der Waals surface area contributed by atoms with Crippen LogP contribution >= 0.6 is 0 Å². The number of ether oxygens (including phenoxy) is 1. The Hall–Kier alpha value is -3.20. The summed E-state index contributed by atoms with van der Waals surface area (Å²) in [6.45, 7) is 1.97. The first-order valence-corrected chi connectivity index (χ1v) is 13.3. The number of benzene rings is 3. The number of nitrogens with one attached hydrogen (secondary N) is 1. The standard InChI is InChI=1S/C27H30N2O5S/c30-26(28-31)27(15-17-29(18-16-27)19-22-7-3-1-4-8-22)35(32,33)21-24-11-13-25(14-12-24)34-20-23-9-5-2-6-10-23/h1-14,31H,15-21H2,(H,28,30). The summed E-state index contributed by atoms with van der Waals surface area (Å²) in [6.07, 6.45) is 0.236. The second-order valence-electron chi connectivity index (χ2n) is 8.87. The zero-order valence-electron chi connectivity index (χ0n) is 19.5. The Morgan fingerprint density at radius 2 is 1.43 bits per heavy atom. The predicted octanol–water partition coefficient (Wildman–Crippen LogP) is 3.72. The van der Waals surface area contributed by atoms with E-state index in [-0.39, 0.29) is 18.6 Å². The maximum absolute atomic E-state index is 13.5. The van der Waals surface area contributed by atoms with Crippen molar-refractivity contribution >= 4 is 15.7 Å². The molecule has 1 aliphatic rings. The molecule has 0 atom stereocenters. The van der Waals surface area contributed by atoms with Crippen molar-refractivity contribution in [3.63, 3.8) is 0 Å². The average molecular weight is 495 g/mol. The van der Waals surface area contributed by atoms with Crippen molar-refractivity contribution in [1.29, 1.82) is 0 Å². The minimum absolute atomic E-state index is 0.118. The van der Waals surface area contributed by atoms with Gasteiger partial charge in [-0.2, -0.15) is 0 Å². The van der Waals surface area contributed by atoms with Crippen molar-refractivity contribution in [2.75, 3.05) is 13.1 Å². The fourth-order valence-corrected chi connectivity index (χ4v) is 6.52. The maximum Gasteiger partial charge on any atom is 0.264 e. The molecule has 0 radical (unpaired) electrons. The lowest BCUT2D eigenvalue weighted by Gasteiger charge is -2.39. The first-order chi connectivity index (χ1) is 16.9. The molecule has 35 heavy (non-hydrogen) atoms. The van der Waals surface area contributed by atoms with Gasteiger partial charge in [-0.05, 0) is 41.7 Å². The molecule has 0 bridgehead atoms. The van der Waals surface area contributed by atoms with Crippen LogP contribution in [0, 0.1) is 0 Å². The van der Waals surface area contributed by atoms with Gasteiger partial charge in [-0.15, -0.1) is 0 Å². The molecule has 1 amide bonds. The van der Waals surface area contributed by atoms with E-state index in [0.29, 0.717) is 37.6 Å². The molecular weight excluding hydrogens is 464 g/mol. The van der Waals surface area contributed by atoms with Gasteiger partial charge in [-0.1, -0.05) is 72.8 Å². The minimum atomic E-state index is -3.91. The van der Waals surface area contributed by atoms with Crippen LogP contribution in [0.1, 0.15) is 29.5 Å². The van der Waals surface area contributed by atoms with Gasteiger partial charge in [0.25, 0.3) is 5.91 Å². The van der Waals surface area contributed by atoms with Crippen LogP contribution < -0.4 is 10.2 Å². The highest BCUT2D eigenvalue weighted by Gasteiger charge is 2.51. The summed E-state index contributed by atoms with van der Waals surface area (Å²) < 4.78 is 31.1. The topological polar surface area (TPSA) is 95.9 Å². The first kappa shape index (κ1) is 24.9. The molecule has 0 unspecified atom stereocenters. The van der Waals surface area contributed by atoms with Gasteiger partial charge in [0, 0.05) is 19.6 Å². The molecule has 1 fully saturated rings. The van der Waals surface area contributed by atoms with Crippen LogP contribution in [-0.2, 0) is 33.5 Å². The van der Waals surface area contributed by atoms with Crippen molar-refractivity contribution in [1.82, 2.24) is 10.4 Å². The SMILES string of the molecule is O=C(NO)C1(S(=O)(=O)Cc2ccc(OCc3ccccc3)cc2)CCN(Cc2ccccc2)CC1. The van der Waals surface area contributed by atoms with Gasteiger partial charge in [0.2, 0.25) is 0 Å². The molecule has 4 rings (SSSR count). The van der Waals surface area contributed by atoms with Gasteiger partial charge in [-0.3, -0.25) is 14.9 Å². The Kier molecular flexibility index (Phi) is 7.85. The number of hydrogen-bond acceptors (Lipinski definition) is 6. The Labute approximate surface area is 206 Å². The van der Waals surface area contributed by atoms with Gasteiger partial charge in [-0.25, -0.2) is 13.9 Å². The number of piperidine rings is 1. The number of hydrogen-bond donors (Lipinski definition) is 2. The number of likely N-dealkylation sites (tertiary alicyclic amines) is 1. The maximum atomic E-state index is 13.5. The van der Waals surface area contributed by atoms with E-state index in [1.165, 1.54) is 0 Å². The highest BCUT2D eigenvalue weighted by molar-refractivity contribution is 7.92. The molecule has 1 heterocycles. The summed E-state index contributed by atoms with van der Waals surface area (Å²) in [4.78, 5) is 14.8. The van der Waals surface area contributed by atoms with E-state index in [0.717, 1.165) is 11.1 Å². The summed E-state index contributed by atoms with van der Waals surface area (Å²) in [6, 6.07) is 26.5. The molecule has 3 aromatic carbocycles. The monoisotopic (exact) mass is 494 g/mol. The fourth-order valence-electron chi connectivity index (χ4n) is 4.48. The number of nitrogens with zero attached hydrogens (tertiary/aromatic N) is 1. The van der Waals surface area contributed by atoms with E-state index < -0.39 is 20.5 Å². The largest absolute Gasteiger partial charge is 0.489 e. The van der Waals surface area contributed by atoms with Crippen LogP contribution in [-0.4, -0.2) is 42.3 Å². The third-order valence-corrected chi connectivity index (χ3v) is 9.05. The molecular formula is C27H30N2O5S. The molecule has 8 heteroatoms. The molecule has 2 N–H and O–H groups in total. The highest BCUT2D eigenvalue weighted by Crippen LogP contribution is 2.34. The molecule has 0 spiro atoms. The molecule has 7 nitrogen and oxygen atoms in total. The van der Waals surface area contributed by atoms with Crippen LogP contribution in [0.2, 0.25) is 0 Å².